The Morgan fingerprint density at radius 3 is 2.62 bits per heavy atom. The summed E-state index contributed by atoms with van der Waals surface area (Å²) >= 11 is 0. The molecule has 5 heteroatoms. The first kappa shape index (κ1) is 17.7. The molecular weight excluding hydrogens is 304 g/mol. The quantitative estimate of drug-likeness (QED) is 0.759. The van der Waals surface area contributed by atoms with Gasteiger partial charge in [-0.15, -0.1) is 0 Å². The first-order valence-electron chi connectivity index (χ1n) is 9.10. The van der Waals surface area contributed by atoms with E-state index in [4.69, 9.17) is 4.74 Å². The maximum absolute atomic E-state index is 10.7. The molecule has 0 radical (unpaired) electrons. The largest absolute Gasteiger partial charge is 0.488 e. The molecule has 0 spiro atoms. The van der Waals surface area contributed by atoms with Gasteiger partial charge in [0.2, 0.25) is 0 Å². The third-order valence-electron chi connectivity index (χ3n) is 5.44. The van der Waals surface area contributed by atoms with Crippen molar-refractivity contribution in [2.24, 2.45) is 0 Å². The van der Waals surface area contributed by atoms with Crippen molar-refractivity contribution in [2.45, 2.75) is 56.0 Å². The maximum atomic E-state index is 10.7. The van der Waals surface area contributed by atoms with Crippen molar-refractivity contribution in [2.75, 3.05) is 26.7 Å². The van der Waals surface area contributed by atoms with Gasteiger partial charge in [0.05, 0.1) is 5.60 Å². The minimum atomic E-state index is -0.653. The number of ether oxygens (including phenoxy) is 1. The molecule has 24 heavy (non-hydrogen) atoms. The lowest BCUT2D eigenvalue weighted by Crippen LogP contribution is -2.56. The van der Waals surface area contributed by atoms with Gasteiger partial charge in [0.1, 0.15) is 18.0 Å². The summed E-state index contributed by atoms with van der Waals surface area (Å²) in [5, 5.41) is 24.8. The molecule has 0 amide bonds. The molecule has 3 rings (SSSR count). The fraction of sp³-hybridized carbons (Fsp3) is 0.684. The van der Waals surface area contributed by atoms with Crippen molar-refractivity contribution in [1.29, 1.82) is 0 Å². The van der Waals surface area contributed by atoms with E-state index in [1.165, 1.54) is 0 Å². The Bertz CT molecular complexity index is 503. The van der Waals surface area contributed by atoms with E-state index in [1.54, 1.807) is 0 Å². The molecule has 1 aliphatic heterocycles. The highest BCUT2D eigenvalue weighted by atomic mass is 16.5. The molecule has 134 valence electrons. The van der Waals surface area contributed by atoms with Crippen LogP contribution in [0.15, 0.2) is 30.3 Å². The normalized spacial score (nSPS) is 30.9. The van der Waals surface area contributed by atoms with Gasteiger partial charge < -0.3 is 25.2 Å². The van der Waals surface area contributed by atoms with Crippen LogP contribution in [-0.4, -0.2) is 65.6 Å². The lowest BCUT2D eigenvalue weighted by atomic mass is 9.87. The summed E-state index contributed by atoms with van der Waals surface area (Å²) in [4.78, 5) is 2.24. The van der Waals surface area contributed by atoms with E-state index < -0.39 is 11.7 Å². The van der Waals surface area contributed by atoms with Crippen LogP contribution in [0.25, 0.3) is 0 Å². The third kappa shape index (κ3) is 4.48. The van der Waals surface area contributed by atoms with E-state index in [9.17, 15) is 10.2 Å². The van der Waals surface area contributed by atoms with Crippen molar-refractivity contribution in [1.82, 2.24) is 10.2 Å². The van der Waals surface area contributed by atoms with Crippen LogP contribution < -0.4 is 10.1 Å². The molecule has 1 saturated heterocycles. The van der Waals surface area contributed by atoms with Gasteiger partial charge >= 0.3 is 0 Å². The standard InChI is InChI=1S/C19H30N2O3/c1-21-12-10-19(23,11-13-21)14-20-16-8-5-9-17(18(16)22)24-15-6-3-2-4-7-15/h2-4,6-7,16-18,20,22-23H,5,8-14H2,1H3/t16-,17+,18+/m0/s1. The van der Waals surface area contributed by atoms with Crippen LogP contribution in [0.1, 0.15) is 32.1 Å². The number of rotatable bonds is 5. The lowest BCUT2D eigenvalue weighted by molar-refractivity contribution is -0.0403. The zero-order valence-corrected chi connectivity index (χ0v) is 14.5. The Labute approximate surface area is 144 Å². The Balaban J connectivity index is 1.52. The molecule has 0 aromatic heterocycles. The van der Waals surface area contributed by atoms with Gasteiger partial charge in [-0.25, -0.2) is 0 Å². The monoisotopic (exact) mass is 334 g/mol. The van der Waals surface area contributed by atoms with Crippen molar-refractivity contribution in [3.05, 3.63) is 30.3 Å². The highest BCUT2D eigenvalue weighted by Gasteiger charge is 2.36. The number of aliphatic hydroxyl groups excluding tert-OH is 1. The SMILES string of the molecule is CN1CCC(O)(CN[C@H]2CCC[C@@H](Oc3ccccc3)[C@@H]2O)CC1. The van der Waals surface area contributed by atoms with Crippen LogP contribution in [-0.2, 0) is 0 Å². The molecule has 1 aromatic carbocycles. The predicted octanol–water partition coefficient (Wildman–Crippen LogP) is 1.39. The predicted molar refractivity (Wildman–Crippen MR) is 94.2 cm³/mol. The van der Waals surface area contributed by atoms with Crippen molar-refractivity contribution >= 4 is 0 Å². The number of aliphatic hydroxyl groups is 2. The first-order valence-corrected chi connectivity index (χ1v) is 9.10. The average Bonchev–Trinajstić information content (AvgIpc) is 2.60. The second-order valence-corrected chi connectivity index (χ2v) is 7.41. The van der Waals surface area contributed by atoms with E-state index in [1.807, 2.05) is 30.3 Å². The van der Waals surface area contributed by atoms with Crippen molar-refractivity contribution in [3.63, 3.8) is 0 Å². The zero-order valence-electron chi connectivity index (χ0n) is 14.5. The van der Waals surface area contributed by atoms with E-state index in [-0.39, 0.29) is 12.1 Å². The van der Waals surface area contributed by atoms with Crippen LogP contribution in [0.3, 0.4) is 0 Å². The van der Waals surface area contributed by atoms with Gasteiger partial charge in [-0.1, -0.05) is 18.2 Å². The van der Waals surface area contributed by atoms with Crippen LogP contribution in [0.2, 0.25) is 0 Å². The van der Waals surface area contributed by atoms with Crippen molar-refractivity contribution in [3.8, 4) is 5.75 Å². The summed E-state index contributed by atoms with van der Waals surface area (Å²) in [7, 11) is 2.09. The molecule has 3 N–H and O–H groups in total. The van der Waals surface area contributed by atoms with Gasteiger partial charge in [0, 0.05) is 25.7 Å². The number of hydrogen-bond acceptors (Lipinski definition) is 5. The molecule has 1 aromatic rings. The molecule has 1 saturated carbocycles. The van der Waals surface area contributed by atoms with Crippen LogP contribution >= 0.6 is 0 Å². The molecular formula is C19H30N2O3. The smallest absolute Gasteiger partial charge is 0.126 e. The fourth-order valence-electron chi connectivity index (χ4n) is 3.70. The molecule has 3 atom stereocenters. The van der Waals surface area contributed by atoms with E-state index in [0.717, 1.165) is 50.9 Å². The summed E-state index contributed by atoms with van der Waals surface area (Å²) in [6.45, 7) is 2.39. The molecule has 2 fully saturated rings. The fourth-order valence-corrected chi connectivity index (χ4v) is 3.70. The summed E-state index contributed by atoms with van der Waals surface area (Å²) in [6.07, 6.45) is 3.63. The van der Waals surface area contributed by atoms with Gasteiger partial charge in [-0.2, -0.15) is 0 Å². The number of likely N-dealkylation sites (tertiary alicyclic amines) is 1. The van der Waals surface area contributed by atoms with Gasteiger partial charge in [-0.3, -0.25) is 0 Å². The maximum Gasteiger partial charge on any atom is 0.126 e. The molecule has 2 aliphatic rings. The number of nitrogens with one attached hydrogen (secondary N) is 1. The Morgan fingerprint density at radius 1 is 1.21 bits per heavy atom. The minimum Gasteiger partial charge on any atom is -0.488 e. The molecule has 1 heterocycles. The molecule has 5 nitrogen and oxygen atoms in total. The van der Waals surface area contributed by atoms with E-state index in [0.29, 0.717) is 6.54 Å². The highest BCUT2D eigenvalue weighted by Crippen LogP contribution is 2.26. The first-order chi connectivity index (χ1) is 11.6. The van der Waals surface area contributed by atoms with Gasteiger partial charge in [-0.05, 0) is 51.3 Å². The number of para-hydroxylation sites is 1. The molecule has 0 unspecified atom stereocenters. The molecule has 0 bridgehead atoms. The summed E-state index contributed by atoms with van der Waals surface area (Å²) in [5.74, 6) is 0.802. The number of piperidine rings is 1. The summed E-state index contributed by atoms with van der Waals surface area (Å²) < 4.78 is 5.97. The van der Waals surface area contributed by atoms with Crippen LogP contribution in [0.4, 0.5) is 0 Å². The van der Waals surface area contributed by atoms with Crippen molar-refractivity contribution < 1.29 is 14.9 Å². The Kier molecular flexibility index (Phi) is 5.76. The third-order valence-corrected chi connectivity index (χ3v) is 5.44. The summed E-state index contributed by atoms with van der Waals surface area (Å²) in [6, 6.07) is 9.66. The van der Waals surface area contributed by atoms with Crippen LogP contribution in [0.5, 0.6) is 5.75 Å². The topological polar surface area (TPSA) is 65.0 Å². The molecule has 1 aliphatic carbocycles. The van der Waals surface area contributed by atoms with Gasteiger partial charge in [0.15, 0.2) is 0 Å². The lowest BCUT2D eigenvalue weighted by Gasteiger charge is -2.40. The number of hydrogen-bond donors (Lipinski definition) is 3. The van der Waals surface area contributed by atoms with E-state index in [2.05, 4.69) is 17.3 Å². The average molecular weight is 334 g/mol. The van der Waals surface area contributed by atoms with Gasteiger partial charge in [0.25, 0.3) is 0 Å². The van der Waals surface area contributed by atoms with Crippen LogP contribution in [0, 0.1) is 0 Å². The van der Waals surface area contributed by atoms with E-state index >= 15 is 0 Å². The second-order valence-electron chi connectivity index (χ2n) is 7.41. The zero-order chi connectivity index (χ0) is 17.0. The Morgan fingerprint density at radius 2 is 1.92 bits per heavy atom. The minimum absolute atomic E-state index is 0.0175. The summed E-state index contributed by atoms with van der Waals surface area (Å²) in [5.41, 5.74) is -0.653. The highest BCUT2D eigenvalue weighted by molar-refractivity contribution is 5.21. The number of nitrogens with zero attached hydrogens (tertiary/aromatic N) is 1. The number of benzene rings is 1. The Hall–Kier alpha value is -1.14. The second kappa shape index (κ2) is 7.83.